The van der Waals surface area contributed by atoms with Crippen LogP contribution < -0.4 is 5.32 Å². The van der Waals surface area contributed by atoms with Crippen molar-refractivity contribution in [2.45, 2.75) is 38.0 Å². The van der Waals surface area contributed by atoms with Gasteiger partial charge in [-0.15, -0.1) is 0 Å². The molecule has 34 heavy (non-hydrogen) atoms. The van der Waals surface area contributed by atoms with Crippen molar-refractivity contribution >= 4 is 38.1 Å². The minimum Gasteiger partial charge on any atom is -0.375 e. The third kappa shape index (κ3) is 6.24. The van der Waals surface area contributed by atoms with Crippen molar-refractivity contribution in [2.75, 3.05) is 17.8 Å². The molecule has 1 aliphatic rings. The van der Waals surface area contributed by atoms with E-state index in [-0.39, 0.29) is 17.8 Å². The Kier molecular flexibility index (Phi) is 7.47. The molecule has 14 heteroatoms. The molecule has 1 fully saturated rings. The first kappa shape index (κ1) is 25.3. The van der Waals surface area contributed by atoms with Crippen LogP contribution in [0.4, 0.5) is 5.69 Å². The zero-order valence-corrected chi connectivity index (χ0v) is 20.7. The highest BCUT2D eigenvalue weighted by molar-refractivity contribution is 7.70. The van der Waals surface area contributed by atoms with Gasteiger partial charge in [0.05, 0.1) is 30.3 Å². The van der Waals surface area contributed by atoms with Crippen molar-refractivity contribution in [2.24, 2.45) is 0 Å². The van der Waals surface area contributed by atoms with Gasteiger partial charge < -0.3 is 29.3 Å². The van der Waals surface area contributed by atoms with E-state index in [0.717, 1.165) is 5.56 Å². The number of nitrogens with one attached hydrogen (secondary N) is 1. The van der Waals surface area contributed by atoms with E-state index in [1.54, 1.807) is 16.8 Å². The van der Waals surface area contributed by atoms with Gasteiger partial charge >= 0.3 is 15.2 Å². The van der Waals surface area contributed by atoms with Crippen LogP contribution in [0.15, 0.2) is 42.6 Å². The Bertz CT molecular complexity index is 1250. The van der Waals surface area contributed by atoms with E-state index in [1.807, 2.05) is 37.3 Å². The highest BCUT2D eigenvalue weighted by Crippen LogP contribution is 2.55. The maximum Gasteiger partial charge on any atom is 0.340 e. The van der Waals surface area contributed by atoms with E-state index >= 15 is 0 Å². The first-order valence-electron chi connectivity index (χ1n) is 10.5. The summed E-state index contributed by atoms with van der Waals surface area (Å²) in [5, 5.41) is 8.06. The first-order valence-corrected chi connectivity index (χ1v) is 14.5. The van der Waals surface area contributed by atoms with Gasteiger partial charge in [0.2, 0.25) is 0 Å². The number of halogens is 1. The molecule has 0 bridgehead atoms. The van der Waals surface area contributed by atoms with Crippen molar-refractivity contribution in [3.8, 4) is 0 Å². The molecule has 184 valence electrons. The normalized spacial score (nSPS) is 21.4. The summed E-state index contributed by atoms with van der Waals surface area (Å²) in [4.78, 5) is 32.0. The van der Waals surface area contributed by atoms with Crippen LogP contribution in [-0.2, 0) is 18.4 Å². The summed E-state index contributed by atoms with van der Waals surface area (Å²) < 4.78 is 35.3. The Morgan fingerprint density at radius 1 is 1.26 bits per heavy atom. The van der Waals surface area contributed by atoms with Crippen LogP contribution in [0.1, 0.15) is 43.2 Å². The highest BCUT2D eigenvalue weighted by Gasteiger charge is 2.35. The van der Waals surface area contributed by atoms with Gasteiger partial charge in [-0.3, -0.25) is 9.13 Å². The van der Waals surface area contributed by atoms with Crippen molar-refractivity contribution in [3.05, 3.63) is 59.0 Å². The minimum atomic E-state index is -4.68. The van der Waals surface area contributed by atoms with Crippen LogP contribution in [0.2, 0.25) is 5.15 Å². The van der Waals surface area contributed by atoms with Gasteiger partial charge in [0.25, 0.3) is 0 Å². The van der Waals surface area contributed by atoms with Crippen molar-refractivity contribution in [1.29, 1.82) is 0 Å². The molecule has 0 saturated carbocycles. The molecule has 1 aromatic carbocycles. The zero-order valence-electron chi connectivity index (χ0n) is 18.2. The molecular formula is C20H25ClN4O7P2. The molecule has 0 spiro atoms. The Hall–Kier alpha value is -1.81. The van der Waals surface area contributed by atoms with E-state index in [9.17, 15) is 14.0 Å². The van der Waals surface area contributed by atoms with Gasteiger partial charge in [0.15, 0.2) is 16.7 Å². The van der Waals surface area contributed by atoms with Gasteiger partial charge in [-0.05, 0) is 25.3 Å². The Labute approximate surface area is 200 Å². The van der Waals surface area contributed by atoms with E-state index < -0.39 is 33.3 Å². The average molecular weight is 531 g/mol. The van der Waals surface area contributed by atoms with Crippen molar-refractivity contribution in [1.82, 2.24) is 14.6 Å². The summed E-state index contributed by atoms with van der Waals surface area (Å²) in [6.45, 7) is 1.76. The van der Waals surface area contributed by atoms with Gasteiger partial charge in [-0.1, -0.05) is 41.9 Å². The largest absolute Gasteiger partial charge is 0.375 e. The lowest BCUT2D eigenvalue weighted by atomic mass is 10.1. The van der Waals surface area contributed by atoms with E-state index in [4.69, 9.17) is 30.6 Å². The second-order valence-corrected chi connectivity index (χ2v) is 12.5. The summed E-state index contributed by atoms with van der Waals surface area (Å²) >= 11 is 6.29. The fraction of sp³-hybridized carbons (Fsp3) is 0.400. The number of hydrogen-bond acceptors (Lipinski definition) is 7. The number of imidazole rings is 1. The number of fused-ring (bicyclic) bond motifs is 1. The van der Waals surface area contributed by atoms with Crippen molar-refractivity contribution < 1.29 is 33.1 Å². The van der Waals surface area contributed by atoms with Gasteiger partial charge in [0.1, 0.15) is 6.10 Å². The molecule has 0 aliphatic carbocycles. The minimum absolute atomic E-state index is 0.00445. The molecule has 4 atom stereocenters. The molecule has 1 aliphatic heterocycles. The third-order valence-electron chi connectivity index (χ3n) is 5.40. The number of hydrogen-bond donors (Lipinski definition) is 4. The van der Waals surface area contributed by atoms with Crippen LogP contribution in [0.3, 0.4) is 0 Å². The van der Waals surface area contributed by atoms with Crippen LogP contribution in [0.25, 0.3) is 5.65 Å². The third-order valence-corrected chi connectivity index (χ3v) is 9.04. The summed E-state index contributed by atoms with van der Waals surface area (Å²) in [7, 11) is -9.12. The quantitative estimate of drug-likeness (QED) is 0.297. The highest BCUT2D eigenvalue weighted by atomic mass is 35.5. The molecule has 3 aromatic rings. The second kappa shape index (κ2) is 10.0. The predicted molar refractivity (Wildman–Crippen MR) is 126 cm³/mol. The number of ether oxygens (including phenoxy) is 1. The lowest BCUT2D eigenvalue weighted by molar-refractivity contribution is 0.0125. The monoisotopic (exact) mass is 530 g/mol. The Morgan fingerprint density at radius 2 is 2.00 bits per heavy atom. The SMILES string of the molecule is C[C@H](Nc1cc(Cl)nn2c(C3CC[C@@H](COP(=O)(O)CP(=O)(O)O)O3)cnc12)c1ccccc1. The van der Waals surface area contributed by atoms with Gasteiger partial charge in [-0.2, -0.15) is 5.10 Å². The Balaban J connectivity index is 1.47. The van der Waals surface area contributed by atoms with E-state index in [1.165, 1.54) is 0 Å². The van der Waals surface area contributed by atoms with Gasteiger partial charge in [-0.25, -0.2) is 9.50 Å². The number of rotatable bonds is 9. The standard InChI is InChI=1S/C20H25ClN4O7P2/c1-13(14-5-3-2-4-6-14)23-16-9-19(21)24-25-17(10-22-20(16)25)18-8-7-15(32-18)11-31-34(29,30)12-33(26,27)28/h2-6,9-10,13,15,18,23H,7-8,11-12H2,1H3,(H,29,30)(H2,26,27,28)/t13-,15-,18?/m0/s1. The summed E-state index contributed by atoms with van der Waals surface area (Å²) in [6, 6.07) is 11.6. The fourth-order valence-corrected chi connectivity index (χ4v) is 6.63. The molecular weight excluding hydrogens is 506 g/mol. The van der Waals surface area contributed by atoms with E-state index in [2.05, 4.69) is 15.4 Å². The molecule has 2 unspecified atom stereocenters. The van der Waals surface area contributed by atoms with Gasteiger partial charge in [0, 0.05) is 12.1 Å². The smallest absolute Gasteiger partial charge is 0.340 e. The van der Waals surface area contributed by atoms with E-state index in [0.29, 0.717) is 29.9 Å². The average Bonchev–Trinajstić information content (AvgIpc) is 3.38. The molecule has 3 heterocycles. The van der Waals surface area contributed by atoms with Crippen LogP contribution in [0.5, 0.6) is 0 Å². The summed E-state index contributed by atoms with van der Waals surface area (Å²) in [5.41, 5.74) is 3.05. The second-order valence-electron chi connectivity index (χ2n) is 8.14. The predicted octanol–water partition coefficient (Wildman–Crippen LogP) is 4.11. The molecule has 4 N–H and O–H groups in total. The number of aromatic nitrogens is 3. The lowest BCUT2D eigenvalue weighted by Crippen LogP contribution is -2.15. The summed E-state index contributed by atoms with van der Waals surface area (Å²) in [6.07, 6.45) is 1.81. The van der Waals surface area contributed by atoms with Crippen molar-refractivity contribution in [3.63, 3.8) is 0 Å². The molecule has 2 aromatic heterocycles. The molecule has 1 saturated heterocycles. The number of benzene rings is 1. The lowest BCUT2D eigenvalue weighted by Gasteiger charge is -2.18. The molecule has 0 amide bonds. The van der Waals surface area contributed by atoms with Crippen LogP contribution >= 0.6 is 26.8 Å². The summed E-state index contributed by atoms with van der Waals surface area (Å²) in [5.74, 6) is -1.23. The molecule has 4 rings (SSSR count). The zero-order chi connectivity index (χ0) is 24.5. The molecule has 11 nitrogen and oxygen atoms in total. The first-order chi connectivity index (χ1) is 16.0. The number of nitrogens with zero attached hydrogens (tertiary/aromatic N) is 3. The van der Waals surface area contributed by atoms with Crippen LogP contribution in [-0.4, -0.2) is 47.9 Å². The number of anilines is 1. The topological polar surface area (TPSA) is 156 Å². The Morgan fingerprint density at radius 3 is 2.71 bits per heavy atom. The maximum atomic E-state index is 11.9. The fourth-order valence-electron chi connectivity index (χ4n) is 3.86. The maximum absolute atomic E-state index is 11.9. The van der Waals surface area contributed by atoms with Crippen LogP contribution in [0, 0.1) is 0 Å². The molecule has 0 radical (unpaired) electrons.